The minimum absolute atomic E-state index is 0.0704. The van der Waals surface area contributed by atoms with Crippen LogP contribution in [0.5, 0.6) is 0 Å². The Bertz CT molecular complexity index is 486. The largest absolute Gasteiger partial charge is 0.459 e. The second-order valence-corrected chi connectivity index (χ2v) is 5.21. The Morgan fingerprint density at radius 2 is 2.17 bits per heavy atom. The molecule has 1 amide bonds. The lowest BCUT2D eigenvalue weighted by Crippen LogP contribution is -2.39. The van der Waals surface area contributed by atoms with Crippen molar-refractivity contribution in [2.24, 2.45) is 5.41 Å². The number of hydrogen-bond donors (Lipinski definition) is 2. The topological polar surface area (TPSA) is 71.3 Å². The van der Waals surface area contributed by atoms with Crippen LogP contribution >= 0.6 is 0 Å². The van der Waals surface area contributed by atoms with Crippen molar-refractivity contribution in [2.75, 3.05) is 0 Å². The van der Waals surface area contributed by atoms with Crippen LogP contribution in [0.2, 0.25) is 0 Å². The van der Waals surface area contributed by atoms with Crippen molar-refractivity contribution >= 4 is 11.7 Å². The number of nitrogens with one attached hydrogen (secondary N) is 2. The Morgan fingerprint density at radius 3 is 2.78 bits per heavy atom. The molecule has 1 aliphatic rings. The Kier molecular flexibility index (Phi) is 3.23. The molecule has 2 N–H and O–H groups in total. The monoisotopic (exact) mass is 248 g/mol. The van der Waals surface area contributed by atoms with Gasteiger partial charge in [-0.05, 0) is 24.0 Å². The van der Waals surface area contributed by atoms with Gasteiger partial charge in [0.1, 0.15) is 0 Å². The molecule has 0 spiro atoms. The van der Waals surface area contributed by atoms with Gasteiger partial charge in [0.25, 0.3) is 0 Å². The van der Waals surface area contributed by atoms with Crippen LogP contribution in [0.25, 0.3) is 0 Å². The van der Waals surface area contributed by atoms with Crippen LogP contribution in [0, 0.1) is 5.41 Å². The van der Waals surface area contributed by atoms with Crippen molar-refractivity contribution in [1.29, 1.82) is 0 Å². The lowest BCUT2D eigenvalue weighted by atomic mass is 9.79. The fourth-order valence-electron chi connectivity index (χ4n) is 2.03. The number of carbonyl (C=O) groups excluding carboxylic acids is 2. The molecule has 0 unspecified atom stereocenters. The van der Waals surface area contributed by atoms with Gasteiger partial charge in [-0.25, -0.2) is 0 Å². The van der Waals surface area contributed by atoms with Gasteiger partial charge in [-0.15, -0.1) is 0 Å². The summed E-state index contributed by atoms with van der Waals surface area (Å²) in [5.74, 6) is -0.0674. The van der Waals surface area contributed by atoms with Gasteiger partial charge >= 0.3 is 5.91 Å². The molecule has 0 aromatic carbocycles. The molecular weight excluding hydrogens is 232 g/mol. The zero-order chi connectivity index (χ0) is 13.2. The summed E-state index contributed by atoms with van der Waals surface area (Å²) in [5, 5.41) is 0. The number of furan rings is 1. The number of carbonyl (C=O) groups is 2. The second-order valence-electron chi connectivity index (χ2n) is 5.21. The zero-order valence-corrected chi connectivity index (χ0v) is 10.4. The average Bonchev–Trinajstić information content (AvgIpc) is 2.76. The molecule has 1 heterocycles. The van der Waals surface area contributed by atoms with Crippen molar-refractivity contribution in [2.45, 2.75) is 26.7 Å². The summed E-state index contributed by atoms with van der Waals surface area (Å²) in [6.07, 6.45) is 4.22. The van der Waals surface area contributed by atoms with Crippen LogP contribution in [0.3, 0.4) is 0 Å². The highest BCUT2D eigenvalue weighted by atomic mass is 16.3. The van der Waals surface area contributed by atoms with E-state index in [0.29, 0.717) is 6.42 Å². The van der Waals surface area contributed by atoms with E-state index >= 15 is 0 Å². The fraction of sp³-hybridized carbons (Fsp3) is 0.385. The summed E-state index contributed by atoms with van der Waals surface area (Å²) >= 11 is 0. The molecule has 18 heavy (non-hydrogen) atoms. The van der Waals surface area contributed by atoms with E-state index in [4.69, 9.17) is 4.42 Å². The van der Waals surface area contributed by atoms with Crippen LogP contribution < -0.4 is 10.9 Å². The highest BCUT2D eigenvalue weighted by Crippen LogP contribution is 2.32. The Labute approximate surface area is 105 Å². The summed E-state index contributed by atoms with van der Waals surface area (Å²) in [4.78, 5) is 23.1. The van der Waals surface area contributed by atoms with E-state index in [-0.39, 0.29) is 22.9 Å². The van der Waals surface area contributed by atoms with E-state index in [2.05, 4.69) is 10.9 Å². The number of hydrogen-bond acceptors (Lipinski definition) is 4. The van der Waals surface area contributed by atoms with Crippen LogP contribution in [0.15, 0.2) is 34.6 Å². The summed E-state index contributed by atoms with van der Waals surface area (Å²) in [6.45, 7) is 4.04. The van der Waals surface area contributed by atoms with Crippen molar-refractivity contribution in [3.63, 3.8) is 0 Å². The number of ketones is 1. The first-order valence-corrected chi connectivity index (χ1v) is 5.79. The van der Waals surface area contributed by atoms with Crippen molar-refractivity contribution < 1.29 is 14.0 Å². The molecule has 5 heteroatoms. The number of rotatable bonds is 3. The van der Waals surface area contributed by atoms with Crippen LogP contribution in [-0.4, -0.2) is 11.7 Å². The molecule has 0 radical (unpaired) electrons. The lowest BCUT2D eigenvalue weighted by molar-refractivity contribution is -0.117. The van der Waals surface area contributed by atoms with Gasteiger partial charge in [0.2, 0.25) is 0 Å². The molecular formula is C13H16N2O3. The van der Waals surface area contributed by atoms with Gasteiger partial charge in [0.15, 0.2) is 11.5 Å². The van der Waals surface area contributed by atoms with Gasteiger partial charge in [-0.2, -0.15) is 0 Å². The van der Waals surface area contributed by atoms with Crippen molar-refractivity contribution in [3.05, 3.63) is 35.9 Å². The predicted octanol–water partition coefficient (Wildman–Crippen LogP) is 1.79. The molecule has 1 aliphatic carbocycles. The maximum absolute atomic E-state index is 11.6. The molecule has 2 rings (SSSR count). The van der Waals surface area contributed by atoms with Crippen LogP contribution in [0.4, 0.5) is 0 Å². The average molecular weight is 248 g/mol. The van der Waals surface area contributed by atoms with Crippen LogP contribution in [0.1, 0.15) is 37.2 Å². The zero-order valence-electron chi connectivity index (χ0n) is 10.4. The standard InChI is InChI=1S/C13H16N2O3/c1-13(2)7-9(6-10(16)8-13)14-15-12(17)11-4-3-5-18-11/h3-6,14H,7-8H2,1-2H3,(H,15,17). The van der Waals surface area contributed by atoms with Gasteiger partial charge in [0, 0.05) is 18.2 Å². The first-order valence-electron chi connectivity index (χ1n) is 5.79. The molecule has 0 fully saturated rings. The van der Waals surface area contributed by atoms with E-state index in [1.165, 1.54) is 12.3 Å². The summed E-state index contributed by atoms with van der Waals surface area (Å²) < 4.78 is 4.96. The van der Waals surface area contributed by atoms with Crippen molar-refractivity contribution in [1.82, 2.24) is 10.9 Å². The molecule has 0 aliphatic heterocycles. The molecule has 0 saturated heterocycles. The third-order valence-corrected chi connectivity index (χ3v) is 2.74. The third kappa shape index (κ3) is 3.00. The predicted molar refractivity (Wildman–Crippen MR) is 65.4 cm³/mol. The maximum Gasteiger partial charge on any atom is 0.305 e. The normalized spacial score (nSPS) is 18.1. The van der Waals surface area contributed by atoms with E-state index < -0.39 is 0 Å². The molecule has 1 aromatic rings. The summed E-state index contributed by atoms with van der Waals surface area (Å²) in [7, 11) is 0. The first kappa shape index (κ1) is 12.4. The SMILES string of the molecule is CC1(C)CC(=O)C=C(NNC(=O)c2ccco2)C1. The summed E-state index contributed by atoms with van der Waals surface area (Å²) in [5.41, 5.74) is 5.93. The molecule has 0 saturated carbocycles. The van der Waals surface area contributed by atoms with Gasteiger partial charge in [-0.3, -0.25) is 15.0 Å². The van der Waals surface area contributed by atoms with E-state index in [1.54, 1.807) is 12.1 Å². The Hall–Kier alpha value is -2.04. The quantitative estimate of drug-likeness (QED) is 0.800. The number of amides is 1. The number of hydrazine groups is 1. The fourth-order valence-corrected chi connectivity index (χ4v) is 2.03. The van der Waals surface area contributed by atoms with Crippen LogP contribution in [-0.2, 0) is 4.79 Å². The van der Waals surface area contributed by atoms with E-state index in [1.807, 2.05) is 13.8 Å². The van der Waals surface area contributed by atoms with E-state index in [9.17, 15) is 9.59 Å². The molecule has 0 atom stereocenters. The molecule has 5 nitrogen and oxygen atoms in total. The van der Waals surface area contributed by atoms with Gasteiger partial charge in [-0.1, -0.05) is 13.8 Å². The highest BCUT2D eigenvalue weighted by Gasteiger charge is 2.27. The van der Waals surface area contributed by atoms with E-state index in [0.717, 1.165) is 12.1 Å². The maximum atomic E-state index is 11.6. The second kappa shape index (κ2) is 4.68. The lowest BCUT2D eigenvalue weighted by Gasteiger charge is -2.29. The summed E-state index contributed by atoms with van der Waals surface area (Å²) in [6, 6.07) is 3.21. The van der Waals surface area contributed by atoms with Crippen molar-refractivity contribution in [3.8, 4) is 0 Å². The Morgan fingerprint density at radius 1 is 1.39 bits per heavy atom. The van der Waals surface area contributed by atoms with Gasteiger partial charge in [0.05, 0.1) is 6.26 Å². The van der Waals surface area contributed by atoms with Gasteiger partial charge < -0.3 is 9.84 Å². The smallest absolute Gasteiger partial charge is 0.305 e. The Balaban J connectivity index is 1.94. The molecule has 96 valence electrons. The molecule has 0 bridgehead atoms. The minimum Gasteiger partial charge on any atom is -0.459 e. The first-order chi connectivity index (χ1) is 8.46. The highest BCUT2D eigenvalue weighted by molar-refractivity contribution is 5.92. The number of allylic oxidation sites excluding steroid dienone is 2. The molecule has 1 aromatic heterocycles. The minimum atomic E-state index is -0.364. The third-order valence-electron chi connectivity index (χ3n) is 2.74.